The van der Waals surface area contributed by atoms with Crippen LogP contribution in [-0.2, 0) is 20.7 Å². The van der Waals surface area contributed by atoms with E-state index in [4.69, 9.17) is 9.47 Å². The molecule has 2 aliphatic rings. The quantitative estimate of drug-likeness (QED) is 0.290. The zero-order valence-corrected chi connectivity index (χ0v) is 21.0. The molecule has 0 fully saturated rings. The zero-order valence-electron chi connectivity index (χ0n) is 21.0. The van der Waals surface area contributed by atoms with Crippen LogP contribution in [0.2, 0.25) is 0 Å². The van der Waals surface area contributed by atoms with Gasteiger partial charge < -0.3 is 14.2 Å². The molecule has 0 heterocycles. The van der Waals surface area contributed by atoms with Gasteiger partial charge in [0.2, 0.25) is 0 Å². The largest absolute Gasteiger partial charge is 0.573 e. The van der Waals surface area contributed by atoms with Crippen LogP contribution in [-0.4, -0.2) is 19.4 Å². The van der Waals surface area contributed by atoms with Crippen molar-refractivity contribution in [2.24, 2.45) is 5.92 Å². The van der Waals surface area contributed by atoms with Crippen molar-refractivity contribution in [1.29, 1.82) is 0 Å². The van der Waals surface area contributed by atoms with E-state index >= 15 is 0 Å². The second-order valence-corrected chi connectivity index (χ2v) is 9.25. The van der Waals surface area contributed by atoms with Gasteiger partial charge >= 0.3 is 12.3 Å². The van der Waals surface area contributed by atoms with Crippen LogP contribution in [0.3, 0.4) is 0 Å². The van der Waals surface area contributed by atoms with E-state index in [1.807, 2.05) is 43.3 Å². The van der Waals surface area contributed by atoms with Crippen LogP contribution in [0.1, 0.15) is 67.4 Å². The van der Waals surface area contributed by atoms with Gasteiger partial charge in [-0.2, -0.15) is 0 Å². The summed E-state index contributed by atoms with van der Waals surface area (Å²) in [6, 6.07) is 13.6. The monoisotopic (exact) mass is 510 g/mol. The minimum Gasteiger partial charge on any atom is -0.486 e. The van der Waals surface area contributed by atoms with Crippen molar-refractivity contribution in [3.8, 4) is 17.6 Å². The van der Waals surface area contributed by atoms with Gasteiger partial charge in [0.1, 0.15) is 17.6 Å². The summed E-state index contributed by atoms with van der Waals surface area (Å²) in [4.78, 5) is 11.7. The molecule has 0 radical (unpaired) electrons. The van der Waals surface area contributed by atoms with Crippen LogP contribution in [0, 0.1) is 17.8 Å². The fourth-order valence-electron chi connectivity index (χ4n) is 4.85. The Kier molecular flexibility index (Phi) is 7.97. The van der Waals surface area contributed by atoms with E-state index in [0.717, 1.165) is 46.4 Å². The lowest BCUT2D eigenvalue weighted by molar-refractivity contribution is -0.303. The maximum atomic E-state index is 12.7. The van der Waals surface area contributed by atoms with Gasteiger partial charge in [0.15, 0.2) is 0 Å². The fraction of sp³-hybridized carbons (Fsp3) is 0.367. The molecule has 4 rings (SSSR count). The van der Waals surface area contributed by atoms with E-state index in [2.05, 4.69) is 22.6 Å². The maximum Gasteiger partial charge on any atom is 0.573 e. The van der Waals surface area contributed by atoms with Gasteiger partial charge in [0.05, 0.1) is 19.4 Å². The summed E-state index contributed by atoms with van der Waals surface area (Å²) in [6.07, 6.45) is 0.455. The summed E-state index contributed by atoms with van der Waals surface area (Å²) in [6.45, 7) is 3.74. The Bertz CT molecular complexity index is 1260. The molecule has 2 aliphatic carbocycles. The van der Waals surface area contributed by atoms with Crippen molar-refractivity contribution >= 4 is 11.5 Å². The number of esters is 1. The van der Waals surface area contributed by atoms with Crippen molar-refractivity contribution < 1.29 is 32.2 Å². The Morgan fingerprint density at radius 2 is 1.92 bits per heavy atom. The number of ether oxygens (including phenoxy) is 3. The van der Waals surface area contributed by atoms with E-state index in [0.29, 0.717) is 6.42 Å². The molecule has 0 aromatic heterocycles. The lowest BCUT2D eigenvalue weighted by atomic mass is 9.86. The van der Waals surface area contributed by atoms with Gasteiger partial charge in [-0.1, -0.05) is 43.2 Å². The number of hydrogen-bond acceptors (Lipinski definition) is 4. The molecule has 0 saturated carbocycles. The number of fused-ring (bicyclic) bond motifs is 1. The zero-order chi connectivity index (χ0) is 26.6. The van der Waals surface area contributed by atoms with Crippen molar-refractivity contribution in [3.63, 3.8) is 0 Å². The molecule has 4 nitrogen and oxygen atoms in total. The number of rotatable bonds is 7. The summed E-state index contributed by atoms with van der Waals surface area (Å²) in [5, 5.41) is 0. The summed E-state index contributed by atoms with van der Waals surface area (Å²) >= 11 is 0. The highest BCUT2D eigenvalue weighted by molar-refractivity contribution is 5.72. The lowest BCUT2D eigenvalue weighted by Crippen LogP contribution is -2.14. The first-order valence-corrected chi connectivity index (χ1v) is 12.2. The number of allylic oxidation sites excluding steroid dienone is 3. The predicted octanol–water partition coefficient (Wildman–Crippen LogP) is 7.27. The summed E-state index contributed by atoms with van der Waals surface area (Å²) in [5.74, 6) is 6.01. The van der Waals surface area contributed by atoms with Gasteiger partial charge in [0, 0.05) is 0 Å². The number of methoxy groups -OCH3 is 1. The number of halogens is 3. The number of carbonyl (C=O) groups is 1. The van der Waals surface area contributed by atoms with E-state index in [1.54, 1.807) is 6.92 Å². The van der Waals surface area contributed by atoms with Crippen molar-refractivity contribution in [2.75, 3.05) is 7.11 Å². The SMILES string of the molecule is CC#CC(CC(=O)OC)c1ccc(OC2CCc3cc(C4=CC(OC(F)(F)F)=CCC4C)ccc32)cc1. The van der Waals surface area contributed by atoms with E-state index < -0.39 is 6.36 Å². The van der Waals surface area contributed by atoms with Gasteiger partial charge in [-0.05, 0) is 84.2 Å². The van der Waals surface area contributed by atoms with Crippen LogP contribution in [0.25, 0.3) is 5.57 Å². The maximum absolute atomic E-state index is 12.7. The molecule has 2 aromatic rings. The molecule has 37 heavy (non-hydrogen) atoms. The van der Waals surface area contributed by atoms with Crippen LogP contribution >= 0.6 is 0 Å². The molecule has 194 valence electrons. The van der Waals surface area contributed by atoms with Crippen LogP contribution in [0.5, 0.6) is 5.75 Å². The third-order valence-corrected chi connectivity index (χ3v) is 6.71. The van der Waals surface area contributed by atoms with E-state index in [9.17, 15) is 18.0 Å². The normalized spacial score (nSPS) is 19.5. The average Bonchev–Trinajstić information content (AvgIpc) is 3.26. The Balaban J connectivity index is 1.47. The van der Waals surface area contributed by atoms with Gasteiger partial charge in [-0.3, -0.25) is 4.79 Å². The van der Waals surface area contributed by atoms with Crippen molar-refractivity contribution in [3.05, 3.63) is 82.6 Å². The van der Waals surface area contributed by atoms with Gasteiger partial charge in [0.25, 0.3) is 0 Å². The third kappa shape index (κ3) is 6.56. The molecule has 7 heteroatoms. The summed E-state index contributed by atoms with van der Waals surface area (Å²) in [7, 11) is 1.36. The lowest BCUT2D eigenvalue weighted by Gasteiger charge is -2.22. The minimum absolute atomic E-state index is 0.0889. The van der Waals surface area contributed by atoms with Crippen LogP contribution < -0.4 is 4.74 Å². The Morgan fingerprint density at radius 3 is 2.59 bits per heavy atom. The fourth-order valence-corrected chi connectivity index (χ4v) is 4.85. The molecule has 2 aromatic carbocycles. The molecule has 3 atom stereocenters. The van der Waals surface area contributed by atoms with Crippen LogP contribution in [0.15, 0.2) is 60.4 Å². The Labute approximate surface area is 215 Å². The molecule has 0 amide bonds. The number of carbonyl (C=O) groups excluding carboxylic acids is 1. The molecular formula is C30H29F3O4. The smallest absolute Gasteiger partial charge is 0.486 e. The Morgan fingerprint density at radius 1 is 1.16 bits per heavy atom. The summed E-state index contributed by atoms with van der Waals surface area (Å²) in [5.41, 5.74) is 4.87. The van der Waals surface area contributed by atoms with Crippen LogP contribution in [0.4, 0.5) is 13.2 Å². The first kappa shape index (κ1) is 26.4. The highest BCUT2D eigenvalue weighted by Crippen LogP contribution is 2.40. The molecule has 0 bridgehead atoms. The molecule has 0 aliphatic heterocycles. The van der Waals surface area contributed by atoms with E-state index in [1.165, 1.54) is 19.3 Å². The highest BCUT2D eigenvalue weighted by atomic mass is 19.4. The molecular weight excluding hydrogens is 481 g/mol. The number of benzene rings is 2. The van der Waals surface area contributed by atoms with Gasteiger partial charge in [-0.15, -0.1) is 19.1 Å². The molecule has 0 N–H and O–H groups in total. The highest BCUT2D eigenvalue weighted by Gasteiger charge is 2.33. The number of hydrogen-bond donors (Lipinski definition) is 0. The molecule has 3 unspecified atom stereocenters. The number of alkyl halides is 3. The van der Waals surface area contributed by atoms with Gasteiger partial charge in [-0.25, -0.2) is 0 Å². The van der Waals surface area contributed by atoms with Crippen molar-refractivity contribution in [2.45, 2.75) is 57.9 Å². The first-order valence-electron chi connectivity index (χ1n) is 12.2. The number of aryl methyl sites for hydroxylation is 1. The summed E-state index contributed by atoms with van der Waals surface area (Å²) < 4.78 is 53.3. The second kappa shape index (κ2) is 11.2. The van der Waals surface area contributed by atoms with E-state index in [-0.39, 0.29) is 36.1 Å². The Hall–Kier alpha value is -3.66. The third-order valence-electron chi connectivity index (χ3n) is 6.71. The average molecular weight is 511 g/mol. The minimum atomic E-state index is -4.71. The first-order chi connectivity index (χ1) is 17.7. The molecule has 0 spiro atoms. The van der Waals surface area contributed by atoms with Crippen molar-refractivity contribution in [1.82, 2.24) is 0 Å². The second-order valence-electron chi connectivity index (χ2n) is 9.25. The topological polar surface area (TPSA) is 44.8 Å². The predicted molar refractivity (Wildman–Crippen MR) is 134 cm³/mol. The standard InChI is InChI=1S/C30H29F3O4/c1-4-5-21(17-29(34)35-3)20-7-12-24(13-8-20)36-28-15-10-22-16-23(9-14-26(22)28)27-18-25(11-6-19(27)2)37-30(31,32)33/h7-9,11-14,16,18-19,21,28H,6,10,15,17H2,1-3H3. The molecule has 0 saturated heterocycles.